The zero-order valence-electron chi connectivity index (χ0n) is 17.6. The van der Waals surface area contributed by atoms with Crippen LogP contribution in [0.15, 0.2) is 41.3 Å². The molecule has 0 aliphatic carbocycles. The molecule has 2 aromatic rings. The van der Waals surface area contributed by atoms with Gasteiger partial charge < -0.3 is 19.5 Å². The first kappa shape index (κ1) is 21.5. The summed E-state index contributed by atoms with van der Waals surface area (Å²) in [6.07, 6.45) is 1.29. The zero-order chi connectivity index (χ0) is 22.0. The molecule has 2 aliphatic rings. The van der Waals surface area contributed by atoms with E-state index in [0.717, 1.165) is 11.1 Å². The van der Waals surface area contributed by atoms with Gasteiger partial charge in [0.15, 0.2) is 11.5 Å². The van der Waals surface area contributed by atoms with E-state index in [0.29, 0.717) is 43.2 Å². The second-order valence-corrected chi connectivity index (χ2v) is 9.68. The van der Waals surface area contributed by atoms with Crippen molar-refractivity contribution >= 4 is 15.9 Å². The predicted molar refractivity (Wildman–Crippen MR) is 114 cm³/mol. The molecule has 31 heavy (non-hydrogen) atoms. The lowest BCUT2D eigenvalue weighted by Crippen LogP contribution is -2.45. The van der Waals surface area contributed by atoms with Gasteiger partial charge in [-0.05, 0) is 61.2 Å². The maximum absolute atomic E-state index is 13.1. The molecule has 0 radical (unpaired) electrons. The van der Waals surface area contributed by atoms with E-state index in [4.69, 9.17) is 14.2 Å². The molecule has 0 saturated carbocycles. The fourth-order valence-corrected chi connectivity index (χ4v) is 5.53. The summed E-state index contributed by atoms with van der Waals surface area (Å²) >= 11 is 0. The van der Waals surface area contributed by atoms with E-state index in [1.54, 1.807) is 32.2 Å². The minimum atomic E-state index is -3.68. The minimum absolute atomic E-state index is 0.150. The molecule has 0 aromatic heterocycles. The quantitative estimate of drug-likeness (QED) is 0.733. The topological polar surface area (TPSA) is 94.2 Å². The second-order valence-electron chi connectivity index (χ2n) is 7.74. The van der Waals surface area contributed by atoms with Crippen LogP contribution < -0.4 is 19.5 Å². The summed E-state index contributed by atoms with van der Waals surface area (Å²) in [5.74, 6) is 1.45. The molecular formula is C22H26N2O6S. The number of benzene rings is 2. The molecule has 2 aliphatic heterocycles. The summed E-state index contributed by atoms with van der Waals surface area (Å²) in [6.45, 7) is 2.92. The van der Waals surface area contributed by atoms with Crippen molar-refractivity contribution in [3.63, 3.8) is 0 Å². The highest BCUT2D eigenvalue weighted by Gasteiger charge is 2.33. The van der Waals surface area contributed by atoms with E-state index in [2.05, 4.69) is 5.32 Å². The number of hydrogen-bond acceptors (Lipinski definition) is 6. The number of ether oxygens (including phenoxy) is 3. The number of sulfonamides is 1. The Balaban J connectivity index is 1.40. The number of hydrogen-bond donors (Lipinski definition) is 1. The van der Waals surface area contributed by atoms with Crippen molar-refractivity contribution in [3.8, 4) is 17.2 Å². The van der Waals surface area contributed by atoms with Crippen molar-refractivity contribution in [2.45, 2.75) is 31.2 Å². The van der Waals surface area contributed by atoms with Gasteiger partial charge in [0.05, 0.1) is 17.9 Å². The van der Waals surface area contributed by atoms with E-state index in [1.165, 1.54) is 4.31 Å². The van der Waals surface area contributed by atoms with Crippen LogP contribution >= 0.6 is 0 Å². The van der Waals surface area contributed by atoms with Gasteiger partial charge in [0.2, 0.25) is 22.7 Å². The van der Waals surface area contributed by atoms with Gasteiger partial charge in [0.1, 0.15) is 5.75 Å². The summed E-state index contributed by atoms with van der Waals surface area (Å²) in [7, 11) is -2.13. The van der Waals surface area contributed by atoms with Crippen LogP contribution in [0.1, 0.15) is 24.0 Å². The smallest absolute Gasteiger partial charge is 0.243 e. The molecule has 8 nitrogen and oxygen atoms in total. The van der Waals surface area contributed by atoms with Crippen molar-refractivity contribution in [1.82, 2.24) is 9.62 Å². The Morgan fingerprint density at radius 3 is 2.77 bits per heavy atom. The van der Waals surface area contributed by atoms with Crippen molar-refractivity contribution in [2.75, 3.05) is 27.0 Å². The molecule has 1 atom stereocenters. The van der Waals surface area contributed by atoms with Gasteiger partial charge >= 0.3 is 0 Å². The van der Waals surface area contributed by atoms with Crippen LogP contribution in [-0.4, -0.2) is 45.6 Å². The van der Waals surface area contributed by atoms with Crippen LogP contribution in [0.3, 0.4) is 0 Å². The van der Waals surface area contributed by atoms with Crippen LogP contribution in [0.4, 0.5) is 0 Å². The number of nitrogens with one attached hydrogen (secondary N) is 1. The standard InChI is InChI=1S/C22H26N2O6S/c1-15-10-18(6-8-19(15)28-2)31(26,27)24-9-3-4-17(13-24)22(25)23-12-16-5-7-20-21(11-16)30-14-29-20/h5-8,10-11,17H,3-4,9,12-14H2,1-2H3,(H,23,25). The van der Waals surface area contributed by atoms with Gasteiger partial charge in [-0.25, -0.2) is 8.42 Å². The van der Waals surface area contributed by atoms with E-state index in [1.807, 2.05) is 18.2 Å². The largest absolute Gasteiger partial charge is 0.496 e. The van der Waals surface area contributed by atoms with Gasteiger partial charge in [-0.1, -0.05) is 6.07 Å². The zero-order valence-corrected chi connectivity index (χ0v) is 18.4. The molecule has 0 bridgehead atoms. The normalized spacial score (nSPS) is 18.6. The summed E-state index contributed by atoms with van der Waals surface area (Å²) in [5, 5.41) is 2.92. The molecule has 1 fully saturated rings. The molecular weight excluding hydrogens is 420 g/mol. The molecule has 0 spiro atoms. The maximum Gasteiger partial charge on any atom is 0.243 e. The lowest BCUT2D eigenvalue weighted by Gasteiger charge is -2.31. The Labute approximate surface area is 182 Å². The molecule has 1 N–H and O–H groups in total. The van der Waals surface area contributed by atoms with Crippen LogP contribution in [0.2, 0.25) is 0 Å². The number of carbonyl (C=O) groups is 1. The van der Waals surface area contributed by atoms with Gasteiger partial charge in [-0.15, -0.1) is 0 Å². The molecule has 1 amide bonds. The fourth-order valence-electron chi connectivity index (χ4n) is 3.92. The Kier molecular flexibility index (Phi) is 6.06. The molecule has 166 valence electrons. The van der Waals surface area contributed by atoms with Crippen molar-refractivity contribution in [1.29, 1.82) is 0 Å². The first-order valence-corrected chi connectivity index (χ1v) is 11.6. The average molecular weight is 447 g/mol. The highest BCUT2D eigenvalue weighted by atomic mass is 32.2. The molecule has 2 heterocycles. The molecule has 4 rings (SSSR count). The highest BCUT2D eigenvalue weighted by molar-refractivity contribution is 7.89. The third kappa shape index (κ3) is 4.47. The number of aryl methyl sites for hydroxylation is 1. The summed E-state index contributed by atoms with van der Waals surface area (Å²) in [5.41, 5.74) is 1.64. The molecule has 1 saturated heterocycles. The van der Waals surface area contributed by atoms with E-state index in [9.17, 15) is 13.2 Å². The third-order valence-corrected chi connectivity index (χ3v) is 7.52. The van der Waals surface area contributed by atoms with E-state index in [-0.39, 0.29) is 24.1 Å². The second kappa shape index (κ2) is 8.76. The molecule has 2 aromatic carbocycles. The Morgan fingerprint density at radius 1 is 1.19 bits per heavy atom. The number of nitrogens with zero attached hydrogens (tertiary/aromatic N) is 1. The van der Waals surface area contributed by atoms with Crippen LogP contribution in [0.25, 0.3) is 0 Å². The minimum Gasteiger partial charge on any atom is -0.496 e. The number of piperidine rings is 1. The van der Waals surface area contributed by atoms with Crippen LogP contribution in [-0.2, 0) is 21.4 Å². The van der Waals surface area contributed by atoms with Gasteiger partial charge in [0, 0.05) is 19.6 Å². The van der Waals surface area contributed by atoms with Gasteiger partial charge in [-0.3, -0.25) is 4.79 Å². The lowest BCUT2D eigenvalue weighted by molar-refractivity contribution is -0.126. The SMILES string of the molecule is COc1ccc(S(=O)(=O)N2CCCC(C(=O)NCc3ccc4c(c3)OCO4)C2)cc1C. The van der Waals surface area contributed by atoms with Crippen LogP contribution in [0.5, 0.6) is 17.2 Å². The maximum atomic E-state index is 13.1. The summed E-state index contributed by atoms with van der Waals surface area (Å²) in [6, 6.07) is 10.3. The number of fused-ring (bicyclic) bond motifs is 1. The third-order valence-electron chi connectivity index (χ3n) is 5.66. The summed E-state index contributed by atoms with van der Waals surface area (Å²) in [4.78, 5) is 13.0. The molecule has 9 heteroatoms. The fraction of sp³-hybridized carbons (Fsp3) is 0.409. The predicted octanol–water partition coefficient (Wildman–Crippen LogP) is 2.45. The van der Waals surface area contributed by atoms with Crippen molar-refractivity contribution < 1.29 is 27.4 Å². The Bertz CT molecular complexity index is 1090. The highest BCUT2D eigenvalue weighted by Crippen LogP contribution is 2.32. The Morgan fingerprint density at radius 2 is 2.00 bits per heavy atom. The van der Waals surface area contributed by atoms with Gasteiger partial charge in [-0.2, -0.15) is 4.31 Å². The van der Waals surface area contributed by atoms with E-state index >= 15 is 0 Å². The monoisotopic (exact) mass is 446 g/mol. The first-order valence-electron chi connectivity index (χ1n) is 10.2. The summed E-state index contributed by atoms with van der Waals surface area (Å²) < 4.78 is 43.5. The van der Waals surface area contributed by atoms with Crippen LogP contribution in [0, 0.1) is 12.8 Å². The number of carbonyl (C=O) groups excluding carboxylic acids is 1. The average Bonchev–Trinajstić information content (AvgIpc) is 3.25. The van der Waals surface area contributed by atoms with Crippen molar-refractivity contribution in [3.05, 3.63) is 47.5 Å². The number of rotatable bonds is 6. The number of amides is 1. The van der Waals surface area contributed by atoms with Gasteiger partial charge in [0.25, 0.3) is 0 Å². The first-order chi connectivity index (χ1) is 14.9. The lowest BCUT2D eigenvalue weighted by atomic mass is 9.98. The van der Waals surface area contributed by atoms with Crippen molar-refractivity contribution in [2.24, 2.45) is 5.92 Å². The Hall–Kier alpha value is -2.78. The molecule has 1 unspecified atom stereocenters. The number of methoxy groups -OCH3 is 1. The van der Waals surface area contributed by atoms with E-state index < -0.39 is 15.9 Å².